The maximum absolute atomic E-state index is 13.5. The molecule has 0 bridgehead atoms. The summed E-state index contributed by atoms with van der Waals surface area (Å²) in [6.07, 6.45) is -9.45. The molecule has 194 valence electrons. The summed E-state index contributed by atoms with van der Waals surface area (Å²) in [6.45, 7) is 2.10. The minimum Gasteiger partial charge on any atom is -0.323 e. The average molecular weight is 528 g/mol. The molecule has 3 N–H and O–H groups in total. The van der Waals surface area contributed by atoms with Crippen molar-refractivity contribution in [2.45, 2.75) is 57.2 Å². The predicted octanol–water partition coefficient (Wildman–Crippen LogP) is 6.36. The molecule has 3 rings (SSSR count). The van der Waals surface area contributed by atoms with Crippen LogP contribution in [0.15, 0.2) is 36.4 Å². The summed E-state index contributed by atoms with van der Waals surface area (Å²) in [6, 6.07) is 4.53. The zero-order valence-electron chi connectivity index (χ0n) is 18.6. The summed E-state index contributed by atoms with van der Waals surface area (Å²) < 4.78 is 92.0. The second kappa shape index (κ2) is 11.0. The van der Waals surface area contributed by atoms with E-state index >= 15 is 0 Å². The van der Waals surface area contributed by atoms with Crippen molar-refractivity contribution in [2.75, 3.05) is 6.54 Å². The Kier molecular flexibility index (Phi) is 9.05. The quantitative estimate of drug-likeness (QED) is 0.359. The maximum atomic E-state index is 13.5. The number of carbonyl (C=O) groups excluding carboxylic acids is 1. The zero-order valence-corrected chi connectivity index (χ0v) is 19.5. The minimum absolute atomic E-state index is 0. The van der Waals surface area contributed by atoms with Crippen LogP contribution in [0.2, 0.25) is 0 Å². The number of piperidine rings is 1. The van der Waals surface area contributed by atoms with Gasteiger partial charge in [0.25, 0.3) is 0 Å². The Morgan fingerprint density at radius 2 is 1.66 bits per heavy atom. The van der Waals surface area contributed by atoms with Crippen molar-refractivity contribution in [1.29, 1.82) is 0 Å². The number of nitrogens with two attached hydrogens (primary N) is 1. The second-order valence-corrected chi connectivity index (χ2v) is 8.38. The first-order valence-electron chi connectivity index (χ1n) is 10.6. The number of aryl methyl sites for hydroxylation is 1. The Morgan fingerprint density at radius 1 is 1.06 bits per heavy atom. The van der Waals surface area contributed by atoms with Crippen LogP contribution in [0.4, 0.5) is 35.5 Å². The lowest BCUT2D eigenvalue weighted by Crippen LogP contribution is -2.51. The lowest BCUT2D eigenvalue weighted by Gasteiger charge is -2.37. The lowest BCUT2D eigenvalue weighted by molar-refractivity contribution is -0.143. The molecule has 1 heterocycles. The van der Waals surface area contributed by atoms with E-state index in [0.717, 1.165) is 12.0 Å². The molecule has 1 saturated heterocycles. The Bertz CT molecular complexity index is 1010. The molecule has 0 aromatic heterocycles. The highest BCUT2D eigenvalue weighted by atomic mass is 35.5. The van der Waals surface area contributed by atoms with Gasteiger partial charge in [-0.3, -0.25) is 0 Å². The molecule has 1 aliphatic rings. The predicted molar refractivity (Wildman–Crippen MR) is 118 cm³/mol. The summed E-state index contributed by atoms with van der Waals surface area (Å²) in [5.74, 6) is -0.408. The largest absolute Gasteiger partial charge is 0.416 e. The van der Waals surface area contributed by atoms with E-state index in [0.29, 0.717) is 37.1 Å². The number of amides is 2. The maximum Gasteiger partial charge on any atom is 0.416 e. The Morgan fingerprint density at radius 3 is 2.20 bits per heavy atom. The van der Waals surface area contributed by atoms with Crippen LogP contribution in [0.25, 0.3) is 0 Å². The van der Waals surface area contributed by atoms with Crippen LogP contribution in [0.3, 0.4) is 0 Å². The lowest BCUT2D eigenvalue weighted by atomic mass is 9.92. The number of urea groups is 1. The number of likely N-dealkylation sites (tertiary alicyclic amines) is 1. The SMILES string of the molecule is Cc1cc(F)ccc1[C@H]1CCCCN1C(=O)N[C@@H](N)Cc1cc(C(F)(F)F)cc(C(F)(F)F)c1.Cl. The van der Waals surface area contributed by atoms with Gasteiger partial charge in [-0.1, -0.05) is 6.07 Å². The summed E-state index contributed by atoms with van der Waals surface area (Å²) >= 11 is 0. The molecular weight excluding hydrogens is 503 g/mol. The number of nitrogens with zero attached hydrogens (tertiary/aromatic N) is 1. The van der Waals surface area contributed by atoms with E-state index in [4.69, 9.17) is 5.73 Å². The number of alkyl halides is 6. The summed E-state index contributed by atoms with van der Waals surface area (Å²) in [5.41, 5.74) is 4.12. The van der Waals surface area contributed by atoms with Crippen LogP contribution >= 0.6 is 12.4 Å². The van der Waals surface area contributed by atoms with Gasteiger partial charge in [-0.2, -0.15) is 26.3 Å². The van der Waals surface area contributed by atoms with E-state index in [2.05, 4.69) is 5.32 Å². The Balaban J connectivity index is 0.00000432. The number of benzene rings is 2. The molecule has 0 spiro atoms. The summed E-state index contributed by atoms with van der Waals surface area (Å²) in [5, 5.41) is 2.47. The van der Waals surface area contributed by atoms with E-state index in [1.54, 1.807) is 13.0 Å². The molecular formula is C23H25ClF7N3O. The molecule has 2 atom stereocenters. The van der Waals surface area contributed by atoms with Crippen molar-refractivity contribution in [3.05, 3.63) is 70.0 Å². The highest BCUT2D eigenvalue weighted by molar-refractivity contribution is 5.85. The Labute approximate surface area is 204 Å². The third kappa shape index (κ3) is 7.23. The van der Waals surface area contributed by atoms with E-state index in [-0.39, 0.29) is 30.1 Å². The molecule has 35 heavy (non-hydrogen) atoms. The normalized spacial score (nSPS) is 17.5. The van der Waals surface area contributed by atoms with Gasteiger partial charge in [0.2, 0.25) is 0 Å². The highest BCUT2D eigenvalue weighted by Gasteiger charge is 2.37. The molecule has 2 aromatic rings. The molecule has 0 aliphatic carbocycles. The molecule has 2 aromatic carbocycles. The molecule has 1 aliphatic heterocycles. The average Bonchev–Trinajstić information content (AvgIpc) is 2.72. The van der Waals surface area contributed by atoms with Crippen LogP contribution in [0.5, 0.6) is 0 Å². The smallest absolute Gasteiger partial charge is 0.323 e. The molecule has 0 saturated carbocycles. The fourth-order valence-electron chi connectivity index (χ4n) is 4.19. The van der Waals surface area contributed by atoms with E-state index < -0.39 is 47.9 Å². The van der Waals surface area contributed by atoms with Crippen molar-refractivity contribution >= 4 is 18.4 Å². The molecule has 12 heteroatoms. The zero-order chi connectivity index (χ0) is 25.3. The fraction of sp³-hybridized carbons (Fsp3) is 0.435. The first kappa shape index (κ1) is 28.7. The monoisotopic (exact) mass is 527 g/mol. The number of halogens is 8. The van der Waals surface area contributed by atoms with Crippen molar-refractivity contribution in [3.63, 3.8) is 0 Å². The van der Waals surface area contributed by atoms with Gasteiger partial charge in [0.15, 0.2) is 0 Å². The van der Waals surface area contributed by atoms with E-state index in [1.807, 2.05) is 0 Å². The standard InChI is InChI=1S/C23H24F7N3O.ClH/c1-13-8-17(24)5-6-18(13)19-4-2-3-7-33(19)21(34)32-20(31)11-14-9-15(22(25,26)27)12-16(10-14)23(28,29)30;/h5-6,8-10,12,19-20H,2-4,7,11,31H2,1H3,(H,32,34);1H/t19-,20-;/m1./s1. The second-order valence-electron chi connectivity index (χ2n) is 8.38. The number of hydrogen-bond donors (Lipinski definition) is 2. The van der Waals surface area contributed by atoms with Gasteiger partial charge in [-0.25, -0.2) is 9.18 Å². The topological polar surface area (TPSA) is 58.4 Å². The van der Waals surface area contributed by atoms with Gasteiger partial charge in [0, 0.05) is 13.0 Å². The van der Waals surface area contributed by atoms with E-state index in [9.17, 15) is 35.5 Å². The first-order valence-corrected chi connectivity index (χ1v) is 10.6. The number of carbonyl (C=O) groups is 1. The molecule has 4 nitrogen and oxygen atoms in total. The Hall–Kier alpha value is -2.53. The van der Waals surface area contributed by atoms with Crippen molar-refractivity contribution in [3.8, 4) is 0 Å². The molecule has 1 fully saturated rings. The van der Waals surface area contributed by atoms with Gasteiger partial charge in [-0.15, -0.1) is 12.4 Å². The number of nitrogens with one attached hydrogen (secondary N) is 1. The highest BCUT2D eigenvalue weighted by Crippen LogP contribution is 2.37. The van der Waals surface area contributed by atoms with E-state index in [1.165, 1.54) is 17.0 Å². The molecule has 2 amide bonds. The third-order valence-corrected chi connectivity index (χ3v) is 5.77. The third-order valence-electron chi connectivity index (χ3n) is 5.77. The van der Waals surface area contributed by atoms with Gasteiger partial charge in [-0.05, 0) is 73.2 Å². The van der Waals surface area contributed by atoms with Crippen LogP contribution in [0.1, 0.15) is 53.1 Å². The number of hydrogen-bond acceptors (Lipinski definition) is 2. The van der Waals surface area contributed by atoms with Crippen molar-refractivity contribution < 1.29 is 35.5 Å². The van der Waals surface area contributed by atoms with Gasteiger partial charge in [0.1, 0.15) is 5.82 Å². The molecule has 0 radical (unpaired) electrons. The van der Waals surface area contributed by atoms with Crippen LogP contribution < -0.4 is 11.1 Å². The van der Waals surface area contributed by atoms with Gasteiger partial charge in [0.05, 0.1) is 23.3 Å². The number of rotatable bonds is 4. The molecule has 0 unspecified atom stereocenters. The first-order chi connectivity index (χ1) is 15.8. The summed E-state index contributed by atoms with van der Waals surface area (Å²) in [7, 11) is 0. The van der Waals surface area contributed by atoms with Crippen molar-refractivity contribution in [2.24, 2.45) is 5.73 Å². The van der Waals surface area contributed by atoms with Crippen LogP contribution in [-0.4, -0.2) is 23.6 Å². The minimum atomic E-state index is -4.97. The van der Waals surface area contributed by atoms with Crippen LogP contribution in [0, 0.1) is 12.7 Å². The van der Waals surface area contributed by atoms with Gasteiger partial charge < -0.3 is 16.0 Å². The van der Waals surface area contributed by atoms with Crippen molar-refractivity contribution in [1.82, 2.24) is 10.2 Å². The van der Waals surface area contributed by atoms with Gasteiger partial charge >= 0.3 is 18.4 Å². The summed E-state index contributed by atoms with van der Waals surface area (Å²) in [4.78, 5) is 14.4. The van der Waals surface area contributed by atoms with Crippen LogP contribution in [-0.2, 0) is 18.8 Å². The fourth-order valence-corrected chi connectivity index (χ4v) is 4.19.